The zero-order valence-electron chi connectivity index (χ0n) is 9.13. The van der Waals surface area contributed by atoms with Crippen molar-refractivity contribution in [1.29, 1.82) is 0 Å². The Morgan fingerprint density at radius 2 is 2.00 bits per heavy atom. The second kappa shape index (κ2) is 2.32. The molecule has 3 atom stereocenters. The van der Waals surface area contributed by atoms with Crippen LogP contribution in [0.1, 0.15) is 40.0 Å². The Labute approximate surface area is 84.7 Å². The van der Waals surface area contributed by atoms with E-state index in [0.717, 1.165) is 12.8 Å². The summed E-state index contributed by atoms with van der Waals surface area (Å²) < 4.78 is 0. The average molecular weight is 197 g/mol. The van der Waals surface area contributed by atoms with E-state index in [9.17, 15) is 9.90 Å². The van der Waals surface area contributed by atoms with Crippen molar-refractivity contribution in [2.45, 2.75) is 45.6 Å². The summed E-state index contributed by atoms with van der Waals surface area (Å²) in [5.41, 5.74) is 4.93. The predicted octanol–water partition coefficient (Wildman–Crippen LogP) is 1.61. The molecule has 3 N–H and O–H groups in total. The monoisotopic (exact) mass is 197 g/mol. The van der Waals surface area contributed by atoms with Crippen LogP contribution >= 0.6 is 0 Å². The zero-order valence-corrected chi connectivity index (χ0v) is 9.13. The summed E-state index contributed by atoms with van der Waals surface area (Å²) in [6, 6.07) is 0. The second-order valence-corrected chi connectivity index (χ2v) is 5.77. The molecule has 2 aliphatic rings. The van der Waals surface area contributed by atoms with Gasteiger partial charge in [0.15, 0.2) is 0 Å². The highest BCUT2D eigenvalue weighted by atomic mass is 16.4. The van der Waals surface area contributed by atoms with Crippen LogP contribution in [-0.4, -0.2) is 16.6 Å². The third-order valence-corrected chi connectivity index (χ3v) is 5.37. The van der Waals surface area contributed by atoms with E-state index < -0.39 is 11.5 Å². The van der Waals surface area contributed by atoms with Gasteiger partial charge in [-0.2, -0.15) is 0 Å². The van der Waals surface area contributed by atoms with Crippen molar-refractivity contribution in [2.24, 2.45) is 22.5 Å². The van der Waals surface area contributed by atoms with E-state index >= 15 is 0 Å². The molecule has 2 bridgehead atoms. The topological polar surface area (TPSA) is 63.3 Å². The lowest BCUT2D eigenvalue weighted by atomic mass is 9.63. The summed E-state index contributed by atoms with van der Waals surface area (Å²) in [5.74, 6) is -0.344. The number of rotatable bonds is 1. The third kappa shape index (κ3) is 0.761. The summed E-state index contributed by atoms with van der Waals surface area (Å²) in [6.07, 6.45) is 2.73. The fraction of sp³-hybridized carbons (Fsp3) is 0.909. The summed E-state index contributed by atoms with van der Waals surface area (Å²) in [7, 11) is 0. The maximum atomic E-state index is 11.3. The minimum absolute atomic E-state index is 0.0696. The zero-order chi connectivity index (χ0) is 10.8. The van der Waals surface area contributed by atoms with Crippen molar-refractivity contribution in [3.05, 3.63) is 0 Å². The van der Waals surface area contributed by atoms with Crippen LogP contribution in [-0.2, 0) is 4.79 Å². The van der Waals surface area contributed by atoms with E-state index in [-0.39, 0.29) is 10.8 Å². The van der Waals surface area contributed by atoms with E-state index in [2.05, 4.69) is 13.8 Å². The number of carbonyl (C=O) groups is 1. The van der Waals surface area contributed by atoms with Gasteiger partial charge in [0, 0.05) is 5.41 Å². The fourth-order valence-corrected chi connectivity index (χ4v) is 3.69. The van der Waals surface area contributed by atoms with Gasteiger partial charge in [-0.25, -0.2) is 0 Å². The van der Waals surface area contributed by atoms with E-state index in [1.165, 1.54) is 0 Å². The van der Waals surface area contributed by atoms with Crippen molar-refractivity contribution in [3.63, 3.8) is 0 Å². The lowest BCUT2D eigenvalue weighted by molar-refractivity contribution is -0.149. The van der Waals surface area contributed by atoms with Crippen LogP contribution in [0.2, 0.25) is 0 Å². The first kappa shape index (κ1) is 9.97. The molecule has 0 amide bonds. The van der Waals surface area contributed by atoms with Gasteiger partial charge >= 0.3 is 5.97 Å². The van der Waals surface area contributed by atoms with Crippen molar-refractivity contribution in [2.75, 3.05) is 0 Å². The molecule has 2 saturated carbocycles. The Hall–Kier alpha value is -0.570. The molecule has 0 aromatic rings. The quantitative estimate of drug-likeness (QED) is 0.671. The molecule has 0 unspecified atom stereocenters. The number of nitrogens with two attached hydrogens (primary N) is 1. The van der Waals surface area contributed by atoms with Gasteiger partial charge in [-0.1, -0.05) is 20.8 Å². The van der Waals surface area contributed by atoms with Crippen LogP contribution in [0.5, 0.6) is 0 Å². The van der Waals surface area contributed by atoms with Crippen LogP contribution in [0.4, 0.5) is 0 Å². The molecule has 3 heteroatoms. The van der Waals surface area contributed by atoms with E-state index in [4.69, 9.17) is 5.73 Å². The molecule has 2 aliphatic carbocycles. The highest BCUT2D eigenvalue weighted by Gasteiger charge is 2.70. The van der Waals surface area contributed by atoms with Crippen molar-refractivity contribution in [3.8, 4) is 0 Å². The molecule has 80 valence electrons. The Morgan fingerprint density at radius 1 is 1.43 bits per heavy atom. The van der Waals surface area contributed by atoms with Crippen molar-refractivity contribution < 1.29 is 9.90 Å². The molecule has 0 aromatic heterocycles. The molecular weight excluding hydrogens is 178 g/mol. The predicted molar refractivity (Wildman–Crippen MR) is 53.8 cm³/mol. The molecule has 0 heterocycles. The maximum absolute atomic E-state index is 11.3. The smallest absolute Gasteiger partial charge is 0.324 e. The first-order valence-electron chi connectivity index (χ1n) is 5.28. The molecule has 14 heavy (non-hydrogen) atoms. The largest absolute Gasteiger partial charge is 0.480 e. The molecule has 3 nitrogen and oxygen atoms in total. The van der Waals surface area contributed by atoms with Gasteiger partial charge in [-0.15, -0.1) is 0 Å². The Balaban J connectivity index is 2.50. The Morgan fingerprint density at radius 3 is 2.21 bits per heavy atom. The molecule has 0 spiro atoms. The van der Waals surface area contributed by atoms with Gasteiger partial charge in [0.2, 0.25) is 0 Å². The molecule has 0 saturated heterocycles. The fourth-order valence-electron chi connectivity index (χ4n) is 3.69. The van der Waals surface area contributed by atoms with Crippen LogP contribution in [0.15, 0.2) is 0 Å². The van der Waals surface area contributed by atoms with Crippen LogP contribution < -0.4 is 5.73 Å². The summed E-state index contributed by atoms with van der Waals surface area (Å²) in [4.78, 5) is 11.3. The lowest BCUT2D eigenvalue weighted by Crippen LogP contribution is -2.59. The van der Waals surface area contributed by atoms with Crippen LogP contribution in [0.3, 0.4) is 0 Å². The molecule has 2 rings (SSSR count). The minimum atomic E-state index is -1.00. The standard InChI is InChI=1S/C11H19NO2/c1-9(2)7-4-5-10(9,3)11(12,6-7)8(13)14/h7H,4-6,12H2,1-3H3,(H,13,14)/t7-,10+,11-/m0/s1. The Bertz CT molecular complexity index is 300. The highest BCUT2D eigenvalue weighted by Crippen LogP contribution is 2.68. The minimum Gasteiger partial charge on any atom is -0.480 e. The van der Waals surface area contributed by atoms with Gasteiger partial charge in [0.1, 0.15) is 5.54 Å². The number of hydrogen-bond acceptors (Lipinski definition) is 2. The molecule has 0 radical (unpaired) electrons. The van der Waals surface area contributed by atoms with Gasteiger partial charge in [0.05, 0.1) is 0 Å². The van der Waals surface area contributed by atoms with Gasteiger partial charge < -0.3 is 10.8 Å². The molecule has 0 aromatic carbocycles. The lowest BCUT2D eigenvalue weighted by Gasteiger charge is -2.43. The van der Waals surface area contributed by atoms with E-state index in [1.807, 2.05) is 6.92 Å². The second-order valence-electron chi connectivity index (χ2n) is 5.77. The summed E-state index contributed by atoms with van der Waals surface area (Å²) >= 11 is 0. The van der Waals surface area contributed by atoms with Crippen molar-refractivity contribution in [1.82, 2.24) is 0 Å². The third-order valence-electron chi connectivity index (χ3n) is 5.37. The number of fused-ring (bicyclic) bond motifs is 2. The number of carboxylic acid groups (broad SMARTS) is 1. The first-order chi connectivity index (χ1) is 6.26. The van der Waals surface area contributed by atoms with E-state index in [1.54, 1.807) is 0 Å². The molecular formula is C11H19NO2. The van der Waals surface area contributed by atoms with Gasteiger partial charge in [-0.05, 0) is 30.6 Å². The Kier molecular flexibility index (Phi) is 1.65. The normalized spacial score (nSPS) is 49.6. The first-order valence-corrected chi connectivity index (χ1v) is 5.28. The molecule has 2 fully saturated rings. The van der Waals surface area contributed by atoms with Crippen LogP contribution in [0.25, 0.3) is 0 Å². The number of aliphatic carboxylic acids is 1. The maximum Gasteiger partial charge on any atom is 0.324 e. The van der Waals surface area contributed by atoms with Crippen molar-refractivity contribution >= 4 is 5.97 Å². The SMILES string of the molecule is CC1(C)[C@H]2CC[C@@]1(C)[C@@](N)(C(=O)O)C2. The average Bonchev–Trinajstić information content (AvgIpc) is 2.36. The summed E-state index contributed by atoms with van der Waals surface area (Å²) in [5, 5.41) is 9.27. The van der Waals surface area contributed by atoms with Gasteiger partial charge in [-0.3, -0.25) is 4.79 Å². The molecule has 0 aliphatic heterocycles. The van der Waals surface area contributed by atoms with E-state index in [0.29, 0.717) is 12.3 Å². The van der Waals surface area contributed by atoms with Crippen LogP contribution in [0, 0.1) is 16.7 Å². The van der Waals surface area contributed by atoms with Gasteiger partial charge in [0.25, 0.3) is 0 Å². The summed E-state index contributed by atoms with van der Waals surface area (Å²) in [6.45, 7) is 6.39. The highest BCUT2D eigenvalue weighted by molar-refractivity contribution is 5.81. The number of hydrogen-bond donors (Lipinski definition) is 2. The number of carboxylic acids is 1.